The summed E-state index contributed by atoms with van der Waals surface area (Å²) < 4.78 is 15.4. The summed E-state index contributed by atoms with van der Waals surface area (Å²) in [6.07, 6.45) is 6.16. The van der Waals surface area contributed by atoms with E-state index in [1.54, 1.807) is 22.9 Å². The number of carbonyl (C=O) groups excluding carboxylic acids is 6. The molecule has 9 rings (SSSR count). The Balaban J connectivity index is 0.695. The van der Waals surface area contributed by atoms with E-state index in [1.807, 2.05) is 70.4 Å². The second-order valence-electron chi connectivity index (χ2n) is 16.9. The lowest BCUT2D eigenvalue weighted by atomic mass is 9.86. The van der Waals surface area contributed by atoms with E-state index >= 15 is 0 Å². The molecule has 5 aromatic rings. The Labute approximate surface area is 380 Å². The van der Waals surface area contributed by atoms with Gasteiger partial charge in [0.2, 0.25) is 17.7 Å². The number of likely N-dealkylation sites (tertiary alicyclic amines) is 1. The van der Waals surface area contributed by atoms with Crippen LogP contribution in [-0.4, -0.2) is 115 Å². The van der Waals surface area contributed by atoms with Crippen LogP contribution in [0, 0.1) is 5.92 Å². The number of piperidine rings is 2. The number of aromatic nitrogens is 5. The average Bonchev–Trinajstić information content (AvgIpc) is 4.02. The third-order valence-electron chi connectivity index (χ3n) is 12.7. The second-order valence-corrected chi connectivity index (χ2v) is 16.9. The van der Waals surface area contributed by atoms with Gasteiger partial charge in [0.15, 0.2) is 0 Å². The SMILES string of the molecule is NC(=O)c1c(-c2ccc(Oc3ccccc3)cc2)nn2c1NCC[C@H]2C1CCN(C(=O)CCCc2cn(CCOCCNc3cccc4c3C(=O)N(C3CCC(=O)NC3=O)C4=O)nn2)CC1. The van der Waals surface area contributed by atoms with Crippen LogP contribution in [0.3, 0.4) is 0 Å². The van der Waals surface area contributed by atoms with E-state index in [9.17, 15) is 28.8 Å². The number of nitrogens with zero attached hydrogens (tertiary/aromatic N) is 7. The number of para-hydroxylation sites is 1. The summed E-state index contributed by atoms with van der Waals surface area (Å²) in [5, 5.41) is 22.2. The highest BCUT2D eigenvalue weighted by Crippen LogP contribution is 2.40. The van der Waals surface area contributed by atoms with Gasteiger partial charge in [0.05, 0.1) is 42.6 Å². The monoisotopic (exact) mass is 897 g/mol. The minimum atomic E-state index is -1.03. The number of anilines is 2. The second kappa shape index (κ2) is 19.4. The van der Waals surface area contributed by atoms with Crippen molar-refractivity contribution < 1.29 is 38.2 Å². The van der Waals surface area contributed by atoms with Gasteiger partial charge in [-0.3, -0.25) is 39.0 Å². The van der Waals surface area contributed by atoms with Crippen LogP contribution in [0.4, 0.5) is 11.5 Å². The maximum Gasteiger partial charge on any atom is 0.264 e. The fourth-order valence-corrected chi connectivity index (χ4v) is 9.34. The molecular weight excluding hydrogens is 847 g/mol. The molecule has 66 heavy (non-hydrogen) atoms. The Kier molecular flexibility index (Phi) is 12.9. The number of rotatable bonds is 17. The zero-order valence-corrected chi connectivity index (χ0v) is 36.3. The van der Waals surface area contributed by atoms with Crippen LogP contribution >= 0.6 is 0 Å². The van der Waals surface area contributed by atoms with E-state index in [-0.39, 0.29) is 41.8 Å². The number of nitrogens with one attached hydrogen (secondary N) is 3. The molecule has 6 heterocycles. The van der Waals surface area contributed by atoms with Crippen LogP contribution in [-0.2, 0) is 32.1 Å². The van der Waals surface area contributed by atoms with Gasteiger partial charge in [-0.15, -0.1) is 5.10 Å². The number of benzene rings is 3. The molecule has 2 saturated heterocycles. The van der Waals surface area contributed by atoms with Gasteiger partial charge in [0, 0.05) is 56.5 Å². The van der Waals surface area contributed by atoms with Gasteiger partial charge < -0.3 is 30.7 Å². The number of fused-ring (bicyclic) bond motifs is 2. The summed E-state index contributed by atoms with van der Waals surface area (Å²) in [7, 11) is 0. The predicted molar refractivity (Wildman–Crippen MR) is 240 cm³/mol. The first-order valence-corrected chi connectivity index (χ1v) is 22.5. The van der Waals surface area contributed by atoms with E-state index in [4.69, 9.17) is 20.3 Å². The molecular formula is C47H51N11O8. The van der Waals surface area contributed by atoms with Crippen molar-refractivity contribution in [3.05, 3.63) is 101 Å². The number of hydrogen-bond donors (Lipinski definition) is 4. The molecule has 0 saturated carbocycles. The van der Waals surface area contributed by atoms with Gasteiger partial charge in [-0.05, 0) is 93.0 Å². The third-order valence-corrected chi connectivity index (χ3v) is 12.7. The van der Waals surface area contributed by atoms with Crippen molar-refractivity contribution in [2.45, 2.75) is 70.0 Å². The quantitative estimate of drug-likeness (QED) is 0.0758. The molecule has 19 heteroatoms. The molecule has 0 radical (unpaired) electrons. The highest BCUT2D eigenvalue weighted by Gasteiger charge is 2.45. The Morgan fingerprint density at radius 3 is 2.44 bits per heavy atom. The fourth-order valence-electron chi connectivity index (χ4n) is 9.34. The predicted octanol–water partition coefficient (Wildman–Crippen LogP) is 4.18. The Morgan fingerprint density at radius 2 is 1.67 bits per heavy atom. The number of ether oxygens (including phenoxy) is 2. The van der Waals surface area contributed by atoms with Gasteiger partial charge in [-0.1, -0.05) is 29.5 Å². The van der Waals surface area contributed by atoms with Crippen LogP contribution in [0.15, 0.2) is 79.0 Å². The van der Waals surface area contributed by atoms with E-state index < -0.39 is 35.6 Å². The van der Waals surface area contributed by atoms with Gasteiger partial charge in [0.1, 0.15) is 34.6 Å². The van der Waals surface area contributed by atoms with Crippen molar-refractivity contribution in [2.24, 2.45) is 11.7 Å². The molecule has 2 atom stereocenters. The summed E-state index contributed by atoms with van der Waals surface area (Å²) >= 11 is 0. The number of carbonyl (C=O) groups is 6. The first-order chi connectivity index (χ1) is 32.1. The first-order valence-electron chi connectivity index (χ1n) is 22.5. The van der Waals surface area contributed by atoms with Crippen molar-refractivity contribution in [2.75, 3.05) is 50.0 Å². The van der Waals surface area contributed by atoms with Crippen LogP contribution < -0.4 is 26.4 Å². The maximum absolute atomic E-state index is 13.3. The summed E-state index contributed by atoms with van der Waals surface area (Å²) in [5.74, 6) is -0.316. The Hall–Kier alpha value is -7.41. The number of hydrogen-bond acceptors (Lipinski definition) is 13. The molecule has 19 nitrogen and oxygen atoms in total. The number of nitrogens with two attached hydrogens (primary N) is 1. The fraction of sp³-hybridized carbons (Fsp3) is 0.383. The molecule has 1 unspecified atom stereocenters. The highest BCUT2D eigenvalue weighted by molar-refractivity contribution is 6.25. The highest BCUT2D eigenvalue weighted by atomic mass is 16.5. The van der Waals surface area contributed by atoms with Crippen molar-refractivity contribution in [3.63, 3.8) is 0 Å². The Bertz CT molecular complexity index is 2640. The average molecular weight is 898 g/mol. The zero-order chi connectivity index (χ0) is 45.7. The van der Waals surface area contributed by atoms with Crippen LogP contribution in [0.5, 0.6) is 11.5 Å². The lowest BCUT2D eigenvalue weighted by molar-refractivity contribution is -0.136. The van der Waals surface area contributed by atoms with Gasteiger partial charge >= 0.3 is 0 Å². The lowest BCUT2D eigenvalue weighted by Gasteiger charge is -2.38. The van der Waals surface area contributed by atoms with Gasteiger partial charge in [-0.2, -0.15) is 5.10 Å². The van der Waals surface area contributed by atoms with E-state index in [0.29, 0.717) is 93.7 Å². The normalized spacial score (nSPS) is 18.4. The topological polar surface area (TPSA) is 238 Å². The molecule has 0 aliphatic carbocycles. The van der Waals surface area contributed by atoms with Crippen molar-refractivity contribution >= 4 is 46.9 Å². The standard InChI is InChI=1S/C47H51N11O8/c48-43(61)41-42(30-12-14-33(15-13-30)66-32-7-2-1-3-8-32)53-58-36(18-21-50-44(41)58)29-19-23-55(24-20-29)39(60)11-4-6-31-28-56(54-52-31)25-27-65-26-22-49-35-10-5-9-34-40(35)47(64)57(46(34)63)37-16-17-38(59)51-45(37)62/h1-3,5,7-10,12-15,28-29,36-37,49-50H,4,6,11,16-27H2,(H2,48,61)(H,51,59,62)/t36-,37?/m0/s1. The molecule has 6 amide bonds. The molecule has 0 spiro atoms. The molecule has 2 fully saturated rings. The van der Waals surface area contributed by atoms with Crippen molar-refractivity contribution in [1.82, 2.24) is 39.9 Å². The number of amides is 6. The molecule has 5 N–H and O–H groups in total. The zero-order valence-electron chi connectivity index (χ0n) is 36.3. The maximum atomic E-state index is 13.3. The van der Waals surface area contributed by atoms with Crippen molar-refractivity contribution in [1.29, 1.82) is 0 Å². The Morgan fingerprint density at radius 1 is 0.879 bits per heavy atom. The molecule has 4 aliphatic rings. The summed E-state index contributed by atoms with van der Waals surface area (Å²) in [6.45, 7) is 3.50. The smallest absolute Gasteiger partial charge is 0.264 e. The first kappa shape index (κ1) is 43.8. The van der Waals surface area contributed by atoms with Crippen LogP contribution in [0.25, 0.3) is 11.3 Å². The van der Waals surface area contributed by atoms with Gasteiger partial charge in [-0.25, -0.2) is 9.36 Å². The number of imide groups is 2. The summed E-state index contributed by atoms with van der Waals surface area (Å²) in [5.41, 5.74) is 9.28. The van der Waals surface area contributed by atoms with Crippen LogP contribution in [0.2, 0.25) is 0 Å². The number of primary amides is 1. The minimum absolute atomic E-state index is 0.0518. The van der Waals surface area contributed by atoms with E-state index in [0.717, 1.165) is 41.2 Å². The summed E-state index contributed by atoms with van der Waals surface area (Å²) in [4.78, 5) is 79.5. The molecule has 0 bridgehead atoms. The van der Waals surface area contributed by atoms with E-state index in [1.165, 1.54) is 0 Å². The molecule has 3 aromatic carbocycles. The number of aryl methyl sites for hydroxylation is 1. The largest absolute Gasteiger partial charge is 0.457 e. The van der Waals surface area contributed by atoms with E-state index in [2.05, 4.69) is 26.3 Å². The molecule has 4 aliphatic heterocycles. The van der Waals surface area contributed by atoms with Gasteiger partial charge in [0.25, 0.3) is 17.7 Å². The lowest BCUT2D eigenvalue weighted by Crippen LogP contribution is -2.54. The third kappa shape index (κ3) is 9.24. The van der Waals surface area contributed by atoms with Crippen molar-refractivity contribution in [3.8, 4) is 22.8 Å². The summed E-state index contributed by atoms with van der Waals surface area (Å²) in [6, 6.07) is 20.9. The molecule has 2 aromatic heterocycles. The minimum Gasteiger partial charge on any atom is -0.457 e. The molecule has 342 valence electrons. The van der Waals surface area contributed by atoms with Crippen LogP contribution in [0.1, 0.15) is 87.8 Å².